The summed E-state index contributed by atoms with van der Waals surface area (Å²) >= 11 is 0. The second-order valence-electron chi connectivity index (χ2n) is 6.01. The van der Waals surface area contributed by atoms with Crippen LogP contribution in [0.1, 0.15) is 44.3 Å². The summed E-state index contributed by atoms with van der Waals surface area (Å²) in [6.07, 6.45) is 0. The maximum absolute atomic E-state index is 12.2. The quantitative estimate of drug-likeness (QED) is 0.667. The molecule has 1 N–H and O–H groups in total. The molecule has 25 heavy (non-hydrogen) atoms. The van der Waals surface area contributed by atoms with Gasteiger partial charge in [0.1, 0.15) is 0 Å². The maximum Gasteiger partial charge on any atom is 0.338 e. The number of carbonyl (C=O) groups is 3. The van der Waals surface area contributed by atoms with Gasteiger partial charge in [-0.2, -0.15) is 0 Å². The number of benzene rings is 2. The highest BCUT2D eigenvalue weighted by Crippen LogP contribution is 2.18. The van der Waals surface area contributed by atoms with Crippen LogP contribution >= 0.6 is 0 Å². The minimum Gasteiger partial charge on any atom is -0.454 e. The largest absolute Gasteiger partial charge is 0.454 e. The summed E-state index contributed by atoms with van der Waals surface area (Å²) in [4.78, 5) is 35.5. The van der Waals surface area contributed by atoms with Crippen LogP contribution in [0, 0.1) is 20.8 Å². The van der Waals surface area contributed by atoms with E-state index in [2.05, 4.69) is 5.32 Å². The third kappa shape index (κ3) is 4.76. The van der Waals surface area contributed by atoms with Crippen LogP contribution in [-0.2, 0) is 9.53 Å². The van der Waals surface area contributed by atoms with Gasteiger partial charge in [0.05, 0.1) is 5.56 Å². The zero-order valence-electron chi connectivity index (χ0n) is 14.8. The lowest BCUT2D eigenvalue weighted by molar-refractivity contribution is -0.114. The van der Waals surface area contributed by atoms with Crippen LogP contribution in [0.2, 0.25) is 0 Å². The Morgan fingerprint density at radius 1 is 0.880 bits per heavy atom. The van der Waals surface area contributed by atoms with E-state index >= 15 is 0 Å². The van der Waals surface area contributed by atoms with Crippen molar-refractivity contribution < 1.29 is 19.1 Å². The molecule has 130 valence electrons. The van der Waals surface area contributed by atoms with Gasteiger partial charge in [0.2, 0.25) is 5.91 Å². The fraction of sp³-hybridized carbons (Fsp3) is 0.250. The lowest BCUT2D eigenvalue weighted by Gasteiger charge is -2.10. The first-order valence-electron chi connectivity index (χ1n) is 7.93. The first-order chi connectivity index (χ1) is 11.8. The molecule has 0 bridgehead atoms. The van der Waals surface area contributed by atoms with E-state index in [0.717, 1.165) is 16.7 Å². The highest BCUT2D eigenvalue weighted by atomic mass is 16.5. The molecule has 0 spiro atoms. The van der Waals surface area contributed by atoms with Gasteiger partial charge in [0, 0.05) is 18.2 Å². The van der Waals surface area contributed by atoms with Crippen molar-refractivity contribution in [1.82, 2.24) is 0 Å². The van der Waals surface area contributed by atoms with Crippen molar-refractivity contribution in [2.24, 2.45) is 0 Å². The molecule has 2 aromatic carbocycles. The van der Waals surface area contributed by atoms with E-state index in [1.54, 1.807) is 30.3 Å². The number of hydrogen-bond acceptors (Lipinski definition) is 4. The molecule has 2 rings (SSSR count). The summed E-state index contributed by atoms with van der Waals surface area (Å²) in [6, 6.07) is 10.2. The van der Waals surface area contributed by atoms with Gasteiger partial charge in [0.25, 0.3) is 0 Å². The summed E-state index contributed by atoms with van der Waals surface area (Å²) < 4.78 is 5.11. The number of amides is 1. The van der Waals surface area contributed by atoms with Crippen molar-refractivity contribution >= 4 is 23.3 Å². The standard InChI is InChI=1S/C20H21NO4/c1-12-5-7-16(9-14(12)3)19(23)11-25-20(24)17-8-6-13(2)18(10-17)21-15(4)22/h5-10H,11H2,1-4H3,(H,21,22). The summed E-state index contributed by atoms with van der Waals surface area (Å²) in [6.45, 7) is 6.78. The van der Waals surface area contributed by atoms with E-state index in [1.807, 2.05) is 26.8 Å². The van der Waals surface area contributed by atoms with E-state index in [9.17, 15) is 14.4 Å². The van der Waals surface area contributed by atoms with Gasteiger partial charge in [0.15, 0.2) is 12.4 Å². The third-order valence-corrected chi connectivity index (χ3v) is 3.95. The van der Waals surface area contributed by atoms with Crippen LogP contribution in [0.15, 0.2) is 36.4 Å². The maximum atomic E-state index is 12.2. The van der Waals surface area contributed by atoms with Gasteiger partial charge >= 0.3 is 5.97 Å². The molecule has 0 saturated carbocycles. The third-order valence-electron chi connectivity index (χ3n) is 3.95. The molecule has 0 aliphatic carbocycles. The molecule has 0 atom stereocenters. The average Bonchev–Trinajstić information content (AvgIpc) is 2.56. The summed E-state index contributed by atoms with van der Waals surface area (Å²) in [5.41, 5.74) is 4.27. The minimum atomic E-state index is -0.608. The highest BCUT2D eigenvalue weighted by molar-refractivity contribution is 6.00. The van der Waals surface area contributed by atoms with Crippen LogP contribution in [0.3, 0.4) is 0 Å². The van der Waals surface area contributed by atoms with Crippen LogP contribution in [0.5, 0.6) is 0 Å². The van der Waals surface area contributed by atoms with Crippen LogP contribution < -0.4 is 5.32 Å². The van der Waals surface area contributed by atoms with Crippen molar-refractivity contribution in [3.05, 3.63) is 64.2 Å². The molecule has 0 saturated heterocycles. The Labute approximate surface area is 147 Å². The first-order valence-corrected chi connectivity index (χ1v) is 7.93. The van der Waals surface area contributed by atoms with E-state index in [4.69, 9.17) is 4.74 Å². The van der Waals surface area contributed by atoms with Gasteiger partial charge in [-0.3, -0.25) is 9.59 Å². The van der Waals surface area contributed by atoms with E-state index in [0.29, 0.717) is 11.3 Å². The van der Waals surface area contributed by atoms with Crippen molar-refractivity contribution in [2.75, 3.05) is 11.9 Å². The molecular formula is C20H21NO4. The molecule has 0 heterocycles. The smallest absolute Gasteiger partial charge is 0.338 e. The molecule has 0 aliphatic rings. The van der Waals surface area contributed by atoms with E-state index in [-0.39, 0.29) is 23.9 Å². The minimum absolute atomic E-state index is 0.224. The zero-order valence-corrected chi connectivity index (χ0v) is 14.8. The summed E-state index contributed by atoms with van der Waals surface area (Å²) in [7, 11) is 0. The lowest BCUT2D eigenvalue weighted by atomic mass is 10.0. The molecule has 0 radical (unpaired) electrons. The SMILES string of the molecule is CC(=O)Nc1cc(C(=O)OCC(=O)c2ccc(C)c(C)c2)ccc1C. The van der Waals surface area contributed by atoms with Gasteiger partial charge in [-0.05, 0) is 55.7 Å². The van der Waals surface area contributed by atoms with Crippen LogP contribution in [0.25, 0.3) is 0 Å². The van der Waals surface area contributed by atoms with Crippen molar-refractivity contribution in [3.8, 4) is 0 Å². The van der Waals surface area contributed by atoms with Crippen molar-refractivity contribution in [3.63, 3.8) is 0 Å². The van der Waals surface area contributed by atoms with Crippen LogP contribution in [-0.4, -0.2) is 24.3 Å². The van der Waals surface area contributed by atoms with Gasteiger partial charge in [-0.25, -0.2) is 4.79 Å². The Bertz CT molecular complexity index is 840. The lowest BCUT2D eigenvalue weighted by Crippen LogP contribution is -2.15. The highest BCUT2D eigenvalue weighted by Gasteiger charge is 2.14. The zero-order chi connectivity index (χ0) is 18.6. The normalized spacial score (nSPS) is 10.2. The number of ether oxygens (including phenoxy) is 1. The second-order valence-corrected chi connectivity index (χ2v) is 6.01. The first kappa shape index (κ1) is 18.4. The molecule has 0 aliphatic heterocycles. The molecule has 5 nitrogen and oxygen atoms in total. The molecule has 2 aromatic rings. The second kappa shape index (κ2) is 7.75. The van der Waals surface area contributed by atoms with E-state index in [1.165, 1.54) is 6.92 Å². The summed E-state index contributed by atoms with van der Waals surface area (Å²) in [5, 5.41) is 2.66. The van der Waals surface area contributed by atoms with Crippen molar-refractivity contribution in [2.45, 2.75) is 27.7 Å². The predicted octanol–water partition coefficient (Wildman–Crippen LogP) is 3.61. The van der Waals surface area contributed by atoms with Gasteiger partial charge in [-0.15, -0.1) is 0 Å². The number of esters is 1. The number of hydrogen-bond donors (Lipinski definition) is 1. The molecule has 0 fully saturated rings. The Morgan fingerprint density at radius 3 is 2.16 bits per heavy atom. The Morgan fingerprint density at radius 2 is 1.52 bits per heavy atom. The molecule has 0 unspecified atom stereocenters. The van der Waals surface area contributed by atoms with Gasteiger partial charge < -0.3 is 10.1 Å². The molecule has 5 heteroatoms. The monoisotopic (exact) mass is 339 g/mol. The fourth-order valence-electron chi connectivity index (χ4n) is 2.29. The Balaban J connectivity index is 2.05. The van der Waals surface area contributed by atoms with Gasteiger partial charge in [-0.1, -0.05) is 18.2 Å². The molecule has 1 amide bonds. The number of nitrogens with one attached hydrogen (secondary N) is 1. The van der Waals surface area contributed by atoms with Crippen molar-refractivity contribution in [1.29, 1.82) is 0 Å². The number of rotatable bonds is 5. The average molecular weight is 339 g/mol. The Hall–Kier alpha value is -2.95. The number of aryl methyl sites for hydroxylation is 3. The van der Waals surface area contributed by atoms with Crippen LogP contribution in [0.4, 0.5) is 5.69 Å². The fourth-order valence-corrected chi connectivity index (χ4v) is 2.29. The number of Topliss-reactive ketones (excluding diaryl/α,β-unsaturated/α-hetero) is 1. The topological polar surface area (TPSA) is 72.5 Å². The van der Waals surface area contributed by atoms with E-state index < -0.39 is 5.97 Å². The Kier molecular flexibility index (Phi) is 5.70. The molecular weight excluding hydrogens is 318 g/mol. The summed E-state index contributed by atoms with van der Waals surface area (Å²) in [5.74, 6) is -1.09. The number of ketones is 1. The number of carbonyl (C=O) groups excluding carboxylic acids is 3. The number of anilines is 1. The molecule has 0 aromatic heterocycles. The predicted molar refractivity (Wildman–Crippen MR) is 96.0 cm³/mol.